The van der Waals surface area contributed by atoms with E-state index < -0.39 is 0 Å². The second kappa shape index (κ2) is 6.50. The van der Waals surface area contributed by atoms with Crippen molar-refractivity contribution >= 4 is 11.6 Å². The number of hydrogen-bond donors (Lipinski definition) is 1. The number of fused-ring (bicyclic) bond motifs is 1. The van der Waals surface area contributed by atoms with Crippen LogP contribution in [0.25, 0.3) is 0 Å². The zero-order valence-electron chi connectivity index (χ0n) is 12.2. The minimum atomic E-state index is 0.327. The van der Waals surface area contributed by atoms with Crippen LogP contribution in [0, 0.1) is 0 Å². The molecule has 2 nitrogen and oxygen atoms in total. The highest BCUT2D eigenvalue weighted by Crippen LogP contribution is 2.26. The molecule has 1 unspecified atom stereocenters. The first-order chi connectivity index (χ1) is 10.3. The molecule has 2 aromatic rings. The van der Waals surface area contributed by atoms with Gasteiger partial charge in [-0.15, -0.1) is 0 Å². The summed E-state index contributed by atoms with van der Waals surface area (Å²) in [6, 6.07) is 14.9. The van der Waals surface area contributed by atoms with E-state index in [2.05, 4.69) is 36.5 Å². The molecule has 0 radical (unpaired) electrons. The molecule has 0 aliphatic carbocycles. The predicted molar refractivity (Wildman–Crippen MR) is 87.0 cm³/mol. The molecule has 2 aromatic carbocycles. The van der Waals surface area contributed by atoms with Crippen LogP contribution in [0.2, 0.25) is 5.02 Å². The number of benzene rings is 2. The van der Waals surface area contributed by atoms with Crippen LogP contribution in [0.1, 0.15) is 36.1 Å². The Bertz CT molecular complexity index is 626. The number of halogens is 1. The first kappa shape index (κ1) is 14.4. The van der Waals surface area contributed by atoms with Gasteiger partial charge < -0.3 is 10.1 Å². The summed E-state index contributed by atoms with van der Waals surface area (Å²) < 4.78 is 5.55. The van der Waals surface area contributed by atoms with Crippen molar-refractivity contribution in [2.24, 2.45) is 0 Å². The van der Waals surface area contributed by atoms with Crippen molar-refractivity contribution in [2.75, 3.05) is 6.61 Å². The topological polar surface area (TPSA) is 21.3 Å². The highest BCUT2D eigenvalue weighted by atomic mass is 35.5. The standard InChI is InChI=1S/C18H20ClNO/c1-2-17(14-4-3-5-16(19)11-14)20-12-13-6-7-18-15(10-13)8-9-21-18/h3-7,10-11,17,20H,2,8-9,12H2,1H3. The molecule has 0 saturated heterocycles. The van der Waals surface area contributed by atoms with Crippen LogP contribution in [0.5, 0.6) is 5.75 Å². The summed E-state index contributed by atoms with van der Waals surface area (Å²) in [4.78, 5) is 0. The Balaban J connectivity index is 1.68. The van der Waals surface area contributed by atoms with E-state index in [0.29, 0.717) is 6.04 Å². The zero-order chi connectivity index (χ0) is 14.7. The normalized spacial score (nSPS) is 14.6. The molecule has 1 aliphatic heterocycles. The monoisotopic (exact) mass is 301 g/mol. The van der Waals surface area contributed by atoms with Crippen molar-refractivity contribution in [1.29, 1.82) is 0 Å². The maximum absolute atomic E-state index is 6.09. The summed E-state index contributed by atoms with van der Waals surface area (Å²) in [5.41, 5.74) is 3.87. The van der Waals surface area contributed by atoms with Crippen molar-refractivity contribution in [3.63, 3.8) is 0 Å². The molecule has 110 valence electrons. The number of rotatable bonds is 5. The Morgan fingerprint density at radius 3 is 2.95 bits per heavy atom. The van der Waals surface area contributed by atoms with Crippen LogP contribution < -0.4 is 10.1 Å². The lowest BCUT2D eigenvalue weighted by atomic mass is 10.0. The molecule has 0 amide bonds. The largest absolute Gasteiger partial charge is 0.493 e. The molecule has 0 fully saturated rings. The lowest BCUT2D eigenvalue weighted by Gasteiger charge is -2.18. The third-order valence-electron chi connectivity index (χ3n) is 3.97. The van der Waals surface area contributed by atoms with Crippen LogP contribution in [0.15, 0.2) is 42.5 Å². The summed E-state index contributed by atoms with van der Waals surface area (Å²) >= 11 is 6.09. The Labute approximate surface area is 131 Å². The van der Waals surface area contributed by atoms with E-state index in [0.717, 1.165) is 36.8 Å². The smallest absolute Gasteiger partial charge is 0.122 e. The average Bonchev–Trinajstić information content (AvgIpc) is 2.95. The minimum Gasteiger partial charge on any atom is -0.493 e. The molecule has 3 heteroatoms. The summed E-state index contributed by atoms with van der Waals surface area (Å²) in [7, 11) is 0. The van der Waals surface area contributed by atoms with Gasteiger partial charge >= 0.3 is 0 Å². The Morgan fingerprint density at radius 2 is 2.14 bits per heavy atom. The second-order valence-electron chi connectivity index (χ2n) is 5.44. The van der Waals surface area contributed by atoms with E-state index in [1.54, 1.807) is 0 Å². The summed E-state index contributed by atoms with van der Waals surface area (Å²) in [5.74, 6) is 1.04. The fourth-order valence-corrected chi connectivity index (χ4v) is 3.01. The van der Waals surface area contributed by atoms with E-state index >= 15 is 0 Å². The molecule has 1 heterocycles. The van der Waals surface area contributed by atoms with E-state index in [9.17, 15) is 0 Å². The van der Waals surface area contributed by atoms with E-state index in [-0.39, 0.29) is 0 Å². The minimum absolute atomic E-state index is 0.327. The Morgan fingerprint density at radius 1 is 1.24 bits per heavy atom. The number of nitrogens with one attached hydrogen (secondary N) is 1. The van der Waals surface area contributed by atoms with Gasteiger partial charge in [0.25, 0.3) is 0 Å². The van der Waals surface area contributed by atoms with Crippen molar-refractivity contribution in [3.05, 3.63) is 64.2 Å². The van der Waals surface area contributed by atoms with Gasteiger partial charge in [0.15, 0.2) is 0 Å². The highest BCUT2D eigenvalue weighted by Gasteiger charge is 2.13. The number of ether oxygens (including phenoxy) is 1. The van der Waals surface area contributed by atoms with Gasteiger partial charge in [0.05, 0.1) is 6.61 Å². The van der Waals surface area contributed by atoms with Gasteiger partial charge in [-0.05, 0) is 41.3 Å². The van der Waals surface area contributed by atoms with Crippen molar-refractivity contribution < 1.29 is 4.74 Å². The SMILES string of the molecule is CCC(NCc1ccc2c(c1)CCO2)c1cccc(Cl)c1. The van der Waals surface area contributed by atoms with Crippen molar-refractivity contribution in [1.82, 2.24) is 5.32 Å². The molecule has 21 heavy (non-hydrogen) atoms. The molecule has 1 atom stereocenters. The Kier molecular flexibility index (Phi) is 4.47. The summed E-state index contributed by atoms with van der Waals surface area (Å²) in [5, 5.41) is 4.41. The zero-order valence-corrected chi connectivity index (χ0v) is 13.0. The third kappa shape index (κ3) is 3.39. The van der Waals surface area contributed by atoms with Gasteiger partial charge in [0, 0.05) is 24.0 Å². The van der Waals surface area contributed by atoms with Crippen LogP contribution in [-0.4, -0.2) is 6.61 Å². The van der Waals surface area contributed by atoms with Crippen molar-refractivity contribution in [2.45, 2.75) is 32.4 Å². The molecular formula is C18H20ClNO. The fraction of sp³-hybridized carbons (Fsp3) is 0.333. The molecule has 1 N–H and O–H groups in total. The van der Waals surface area contributed by atoms with E-state index in [1.165, 1.54) is 16.7 Å². The lowest BCUT2D eigenvalue weighted by molar-refractivity contribution is 0.357. The van der Waals surface area contributed by atoms with Crippen LogP contribution in [0.4, 0.5) is 0 Å². The van der Waals surface area contributed by atoms with Crippen molar-refractivity contribution in [3.8, 4) is 5.75 Å². The Hall–Kier alpha value is -1.51. The van der Waals surface area contributed by atoms with Crippen LogP contribution in [-0.2, 0) is 13.0 Å². The predicted octanol–water partition coefficient (Wildman–Crippen LogP) is 4.52. The van der Waals surface area contributed by atoms with Crippen LogP contribution >= 0.6 is 11.6 Å². The quantitative estimate of drug-likeness (QED) is 0.877. The maximum atomic E-state index is 6.09. The molecule has 0 aromatic heterocycles. The first-order valence-corrected chi connectivity index (χ1v) is 7.87. The summed E-state index contributed by atoms with van der Waals surface area (Å²) in [6.07, 6.45) is 2.06. The van der Waals surface area contributed by atoms with Gasteiger partial charge in [0.2, 0.25) is 0 Å². The second-order valence-corrected chi connectivity index (χ2v) is 5.87. The molecular weight excluding hydrogens is 282 g/mol. The summed E-state index contributed by atoms with van der Waals surface area (Å²) in [6.45, 7) is 3.86. The third-order valence-corrected chi connectivity index (χ3v) is 4.20. The average molecular weight is 302 g/mol. The molecule has 0 spiro atoms. The molecule has 0 saturated carbocycles. The fourth-order valence-electron chi connectivity index (χ4n) is 2.81. The maximum Gasteiger partial charge on any atom is 0.122 e. The van der Waals surface area contributed by atoms with E-state index in [4.69, 9.17) is 16.3 Å². The van der Waals surface area contributed by atoms with Gasteiger partial charge in [-0.25, -0.2) is 0 Å². The van der Waals surface area contributed by atoms with Gasteiger partial charge in [0.1, 0.15) is 5.75 Å². The van der Waals surface area contributed by atoms with Gasteiger partial charge in [-0.3, -0.25) is 0 Å². The molecule has 1 aliphatic rings. The lowest BCUT2D eigenvalue weighted by Crippen LogP contribution is -2.20. The molecule has 0 bridgehead atoms. The first-order valence-electron chi connectivity index (χ1n) is 7.49. The van der Waals surface area contributed by atoms with Crippen LogP contribution in [0.3, 0.4) is 0 Å². The molecule has 3 rings (SSSR count). The van der Waals surface area contributed by atoms with Gasteiger partial charge in [-0.1, -0.05) is 42.8 Å². The highest BCUT2D eigenvalue weighted by molar-refractivity contribution is 6.30. The van der Waals surface area contributed by atoms with Gasteiger partial charge in [-0.2, -0.15) is 0 Å². The van der Waals surface area contributed by atoms with E-state index in [1.807, 2.05) is 18.2 Å². The number of hydrogen-bond acceptors (Lipinski definition) is 2.